The number of ether oxygens (including phenoxy) is 1. The van der Waals surface area contributed by atoms with Crippen molar-refractivity contribution in [3.8, 4) is 5.75 Å². The molecule has 0 fully saturated rings. The maximum atomic E-state index is 12.5. The summed E-state index contributed by atoms with van der Waals surface area (Å²) >= 11 is 0. The lowest BCUT2D eigenvalue weighted by Gasteiger charge is -2.33. The van der Waals surface area contributed by atoms with Crippen LogP contribution in [0.5, 0.6) is 5.75 Å². The van der Waals surface area contributed by atoms with Crippen molar-refractivity contribution in [2.24, 2.45) is 5.10 Å². The van der Waals surface area contributed by atoms with E-state index in [9.17, 15) is 18.5 Å². The van der Waals surface area contributed by atoms with Crippen LogP contribution in [-0.2, 0) is 10.0 Å². The van der Waals surface area contributed by atoms with Crippen LogP contribution < -0.4 is 9.57 Å². The summed E-state index contributed by atoms with van der Waals surface area (Å²) in [5.41, 5.74) is 0.965. The van der Waals surface area contributed by atoms with E-state index in [1.807, 2.05) is 20.8 Å². The number of sulfonamides is 1. The van der Waals surface area contributed by atoms with Gasteiger partial charge in [-0.05, 0) is 39.0 Å². The van der Waals surface area contributed by atoms with Gasteiger partial charge < -0.3 is 4.74 Å². The van der Waals surface area contributed by atoms with E-state index >= 15 is 0 Å². The Kier molecular flexibility index (Phi) is 4.64. The fourth-order valence-electron chi connectivity index (χ4n) is 2.76. The molecule has 1 aliphatic rings. The van der Waals surface area contributed by atoms with Gasteiger partial charge in [-0.1, -0.05) is 17.7 Å². The van der Waals surface area contributed by atoms with Crippen LogP contribution in [0.15, 0.2) is 52.5 Å². The van der Waals surface area contributed by atoms with Gasteiger partial charge in [-0.15, -0.1) is 0 Å². The minimum absolute atomic E-state index is 0.0861. The van der Waals surface area contributed by atoms with Gasteiger partial charge in [0.1, 0.15) is 11.4 Å². The first kappa shape index (κ1) is 18.8. The van der Waals surface area contributed by atoms with E-state index in [2.05, 4.69) is 9.93 Å². The summed E-state index contributed by atoms with van der Waals surface area (Å²) in [4.78, 5) is 12.9. The van der Waals surface area contributed by atoms with Crippen molar-refractivity contribution < 1.29 is 18.1 Å². The molecule has 0 bridgehead atoms. The molecule has 0 atom stereocenters. The van der Waals surface area contributed by atoms with E-state index in [-0.39, 0.29) is 17.0 Å². The van der Waals surface area contributed by atoms with E-state index < -0.39 is 20.5 Å². The largest absolute Gasteiger partial charge is 0.487 e. The molecule has 0 unspecified atom stereocenters. The van der Waals surface area contributed by atoms with Crippen molar-refractivity contribution in [1.82, 2.24) is 4.83 Å². The standard InChI is InChI=1S/C18H19N3O5S/c1-12-4-7-14(8-5-12)27(24,25)20-19-16-11-18(2,3)26-17-9-6-13(21(22)23)10-15(16)17/h4-10,20H,11H2,1-3H3/b19-16+. The normalized spacial score (nSPS) is 17.1. The fourth-order valence-corrected chi connectivity index (χ4v) is 3.59. The molecular weight excluding hydrogens is 370 g/mol. The minimum Gasteiger partial charge on any atom is -0.487 e. The van der Waals surface area contributed by atoms with Crippen molar-refractivity contribution in [2.45, 2.75) is 37.7 Å². The lowest BCUT2D eigenvalue weighted by atomic mass is 9.92. The second-order valence-corrected chi connectivity index (χ2v) is 8.60. The highest BCUT2D eigenvalue weighted by Gasteiger charge is 2.32. The van der Waals surface area contributed by atoms with Crippen molar-refractivity contribution in [3.63, 3.8) is 0 Å². The van der Waals surface area contributed by atoms with Crippen LogP contribution in [0.1, 0.15) is 31.4 Å². The Morgan fingerprint density at radius 2 is 1.85 bits per heavy atom. The van der Waals surface area contributed by atoms with Gasteiger partial charge in [-0.25, -0.2) is 0 Å². The maximum Gasteiger partial charge on any atom is 0.276 e. The van der Waals surface area contributed by atoms with Crippen molar-refractivity contribution in [1.29, 1.82) is 0 Å². The molecular formula is C18H19N3O5S. The zero-order valence-electron chi connectivity index (χ0n) is 15.1. The lowest BCUT2D eigenvalue weighted by Crippen LogP contribution is -2.37. The lowest BCUT2D eigenvalue weighted by molar-refractivity contribution is -0.384. The summed E-state index contributed by atoms with van der Waals surface area (Å²) < 4.78 is 30.8. The molecule has 0 spiro atoms. The average Bonchev–Trinajstić information content (AvgIpc) is 2.59. The number of benzene rings is 2. The summed E-state index contributed by atoms with van der Waals surface area (Å²) in [6, 6.07) is 10.5. The molecule has 1 N–H and O–H groups in total. The number of non-ortho nitro benzene ring substituents is 1. The molecule has 3 rings (SSSR count). The third kappa shape index (κ3) is 4.08. The molecule has 2 aromatic rings. The second kappa shape index (κ2) is 6.66. The van der Waals surface area contributed by atoms with Gasteiger partial charge in [0.25, 0.3) is 15.7 Å². The Balaban J connectivity index is 1.99. The Morgan fingerprint density at radius 1 is 1.19 bits per heavy atom. The van der Waals surface area contributed by atoms with Gasteiger partial charge in [0, 0.05) is 24.1 Å². The van der Waals surface area contributed by atoms with Gasteiger partial charge in [0.15, 0.2) is 0 Å². The van der Waals surface area contributed by atoms with Crippen molar-refractivity contribution in [3.05, 3.63) is 63.7 Å². The van der Waals surface area contributed by atoms with Crippen LogP contribution >= 0.6 is 0 Å². The number of rotatable bonds is 4. The molecule has 1 heterocycles. The van der Waals surface area contributed by atoms with Gasteiger partial charge in [-0.3, -0.25) is 10.1 Å². The number of nitro groups is 1. The third-order valence-electron chi connectivity index (χ3n) is 4.10. The van der Waals surface area contributed by atoms with Crippen LogP contribution in [0.25, 0.3) is 0 Å². The fraction of sp³-hybridized carbons (Fsp3) is 0.278. The second-order valence-electron chi connectivity index (χ2n) is 6.94. The molecule has 1 aliphatic heterocycles. The zero-order valence-corrected chi connectivity index (χ0v) is 15.9. The first-order valence-electron chi connectivity index (χ1n) is 8.20. The topological polar surface area (TPSA) is 111 Å². The summed E-state index contributed by atoms with van der Waals surface area (Å²) in [6.45, 7) is 5.53. The van der Waals surface area contributed by atoms with E-state index in [0.717, 1.165) is 5.56 Å². The zero-order chi connectivity index (χ0) is 19.8. The highest BCUT2D eigenvalue weighted by atomic mass is 32.2. The molecule has 0 amide bonds. The van der Waals surface area contributed by atoms with Crippen LogP contribution in [-0.4, -0.2) is 24.7 Å². The van der Waals surface area contributed by atoms with Crippen molar-refractivity contribution >= 4 is 21.4 Å². The van der Waals surface area contributed by atoms with Crippen LogP contribution in [0.4, 0.5) is 5.69 Å². The molecule has 27 heavy (non-hydrogen) atoms. The number of fused-ring (bicyclic) bond motifs is 1. The Morgan fingerprint density at radius 3 is 2.48 bits per heavy atom. The predicted molar refractivity (Wildman–Crippen MR) is 100 cm³/mol. The molecule has 9 heteroatoms. The van der Waals surface area contributed by atoms with Gasteiger partial charge in [-0.2, -0.15) is 18.4 Å². The van der Waals surface area contributed by atoms with Crippen molar-refractivity contribution in [2.75, 3.05) is 0 Å². The highest BCUT2D eigenvalue weighted by Crippen LogP contribution is 2.35. The van der Waals surface area contributed by atoms with E-state index in [1.54, 1.807) is 12.1 Å². The molecule has 2 aromatic carbocycles. The Hall–Kier alpha value is -2.94. The highest BCUT2D eigenvalue weighted by molar-refractivity contribution is 7.89. The first-order chi connectivity index (χ1) is 12.6. The van der Waals surface area contributed by atoms with E-state index in [1.165, 1.54) is 30.3 Å². The number of nitrogens with one attached hydrogen (secondary N) is 1. The molecule has 0 aromatic heterocycles. The third-order valence-corrected chi connectivity index (χ3v) is 5.32. The predicted octanol–water partition coefficient (Wildman–Crippen LogP) is 3.15. The van der Waals surface area contributed by atoms with Gasteiger partial charge in [0.05, 0.1) is 15.5 Å². The first-order valence-corrected chi connectivity index (χ1v) is 9.69. The summed E-state index contributed by atoms with van der Waals surface area (Å²) in [7, 11) is -3.85. The molecule has 0 radical (unpaired) electrons. The quantitative estimate of drug-likeness (QED) is 0.638. The average molecular weight is 389 g/mol. The molecule has 0 saturated heterocycles. The smallest absolute Gasteiger partial charge is 0.276 e. The summed E-state index contributed by atoms with van der Waals surface area (Å²) in [5.74, 6) is 0.421. The van der Waals surface area contributed by atoms with Crippen LogP contribution in [0.3, 0.4) is 0 Å². The SMILES string of the molecule is Cc1ccc(S(=O)(=O)N/N=C2\CC(C)(C)Oc3ccc([N+](=O)[O-])cc32)cc1. The number of nitrogens with zero attached hydrogens (tertiary/aromatic N) is 2. The molecule has 0 aliphatic carbocycles. The monoisotopic (exact) mass is 389 g/mol. The molecule has 0 saturated carbocycles. The number of hydrazone groups is 1. The summed E-state index contributed by atoms with van der Waals surface area (Å²) in [5, 5.41) is 15.1. The minimum atomic E-state index is -3.85. The van der Waals surface area contributed by atoms with E-state index in [4.69, 9.17) is 4.74 Å². The number of hydrogen-bond donors (Lipinski definition) is 1. The van der Waals surface area contributed by atoms with Crippen LogP contribution in [0, 0.1) is 17.0 Å². The Bertz CT molecular complexity index is 1030. The molecule has 142 valence electrons. The Labute approximate surface area is 157 Å². The number of nitro benzene ring substituents is 1. The van der Waals surface area contributed by atoms with Crippen LogP contribution in [0.2, 0.25) is 0 Å². The number of aryl methyl sites for hydroxylation is 1. The summed E-state index contributed by atoms with van der Waals surface area (Å²) in [6.07, 6.45) is 0.289. The number of hydrogen-bond acceptors (Lipinski definition) is 6. The molecule has 8 nitrogen and oxygen atoms in total. The van der Waals surface area contributed by atoms with E-state index in [0.29, 0.717) is 17.0 Å². The maximum absolute atomic E-state index is 12.5. The van der Waals surface area contributed by atoms with Gasteiger partial charge >= 0.3 is 0 Å². The van der Waals surface area contributed by atoms with Gasteiger partial charge in [0.2, 0.25) is 0 Å².